The normalized spacial score (nSPS) is 18.2. The second-order valence-corrected chi connectivity index (χ2v) is 4.37. The summed E-state index contributed by atoms with van der Waals surface area (Å²) in [5.74, 6) is 0. The smallest absolute Gasteiger partial charge is 0.104 e. The van der Waals surface area contributed by atoms with Gasteiger partial charge in [0.05, 0.1) is 19.8 Å². The molecule has 88 valence electrons. The first-order valence-corrected chi connectivity index (χ1v) is 5.61. The van der Waals surface area contributed by atoms with Crippen molar-refractivity contribution in [2.24, 2.45) is 0 Å². The van der Waals surface area contributed by atoms with E-state index in [9.17, 15) is 5.11 Å². The van der Waals surface area contributed by atoms with Crippen LogP contribution in [0.5, 0.6) is 0 Å². The lowest BCUT2D eigenvalue weighted by atomic mass is 10.0. The molecule has 1 aliphatic rings. The molecule has 0 radical (unpaired) electrons. The lowest BCUT2D eigenvalue weighted by Gasteiger charge is -2.27. The van der Waals surface area contributed by atoms with E-state index in [-0.39, 0.29) is 6.10 Å². The summed E-state index contributed by atoms with van der Waals surface area (Å²) in [6.45, 7) is 5.68. The monoisotopic (exact) mass is 222 g/mol. The molecule has 0 aromatic heterocycles. The average molecular weight is 222 g/mol. The van der Waals surface area contributed by atoms with Gasteiger partial charge in [-0.3, -0.25) is 0 Å². The molecular formula is C13H18O3. The zero-order chi connectivity index (χ0) is 11.5. The molecule has 0 bridgehead atoms. The molecule has 0 amide bonds. The third kappa shape index (κ3) is 2.61. The SMILES string of the molecule is Cc1ccc(C)c(C(O)COC2COC2)c1. The Morgan fingerprint density at radius 2 is 2.19 bits per heavy atom. The van der Waals surface area contributed by atoms with Gasteiger partial charge in [-0.1, -0.05) is 23.8 Å². The van der Waals surface area contributed by atoms with Crippen molar-refractivity contribution in [2.45, 2.75) is 26.1 Å². The zero-order valence-electron chi connectivity index (χ0n) is 9.77. The maximum Gasteiger partial charge on any atom is 0.104 e. The molecule has 1 fully saturated rings. The molecule has 0 saturated carbocycles. The van der Waals surface area contributed by atoms with Crippen LogP contribution in [0, 0.1) is 13.8 Å². The van der Waals surface area contributed by atoms with E-state index in [0.29, 0.717) is 19.8 Å². The van der Waals surface area contributed by atoms with Crippen molar-refractivity contribution in [3.63, 3.8) is 0 Å². The van der Waals surface area contributed by atoms with E-state index >= 15 is 0 Å². The number of benzene rings is 1. The topological polar surface area (TPSA) is 38.7 Å². The third-order valence-electron chi connectivity index (χ3n) is 2.89. The highest BCUT2D eigenvalue weighted by Gasteiger charge is 2.21. The maximum atomic E-state index is 10.0. The van der Waals surface area contributed by atoms with E-state index in [4.69, 9.17) is 9.47 Å². The van der Waals surface area contributed by atoms with E-state index in [1.54, 1.807) is 0 Å². The second-order valence-electron chi connectivity index (χ2n) is 4.37. The summed E-state index contributed by atoms with van der Waals surface area (Å²) in [6.07, 6.45) is -0.375. The molecule has 1 aliphatic heterocycles. The molecule has 1 N–H and O–H groups in total. The van der Waals surface area contributed by atoms with Crippen LogP contribution in [0.3, 0.4) is 0 Å². The molecule has 16 heavy (non-hydrogen) atoms. The Hall–Kier alpha value is -0.900. The predicted molar refractivity (Wildman–Crippen MR) is 61.4 cm³/mol. The minimum atomic E-state index is -0.541. The predicted octanol–water partition coefficient (Wildman–Crippen LogP) is 1.75. The number of aliphatic hydroxyl groups excluding tert-OH is 1. The van der Waals surface area contributed by atoms with Crippen LogP contribution in [0.25, 0.3) is 0 Å². The standard InChI is InChI=1S/C13H18O3/c1-9-3-4-10(2)12(5-9)13(14)8-16-11-6-15-7-11/h3-5,11,13-14H,6-8H2,1-2H3. The first-order valence-electron chi connectivity index (χ1n) is 5.61. The molecular weight excluding hydrogens is 204 g/mol. The highest BCUT2D eigenvalue weighted by atomic mass is 16.6. The van der Waals surface area contributed by atoms with Crippen molar-refractivity contribution in [2.75, 3.05) is 19.8 Å². The van der Waals surface area contributed by atoms with Gasteiger partial charge >= 0.3 is 0 Å². The van der Waals surface area contributed by atoms with Crippen LogP contribution in [0.2, 0.25) is 0 Å². The van der Waals surface area contributed by atoms with Crippen LogP contribution in [-0.2, 0) is 9.47 Å². The summed E-state index contributed by atoms with van der Waals surface area (Å²) >= 11 is 0. The second kappa shape index (κ2) is 4.95. The molecule has 0 spiro atoms. The summed E-state index contributed by atoms with van der Waals surface area (Å²) in [5, 5.41) is 10.0. The highest BCUT2D eigenvalue weighted by Crippen LogP contribution is 2.20. The summed E-state index contributed by atoms with van der Waals surface area (Å²) in [7, 11) is 0. The van der Waals surface area contributed by atoms with Crippen LogP contribution in [0.1, 0.15) is 22.8 Å². The van der Waals surface area contributed by atoms with Gasteiger partial charge in [0.25, 0.3) is 0 Å². The van der Waals surface area contributed by atoms with Gasteiger partial charge in [-0.05, 0) is 25.0 Å². The Morgan fingerprint density at radius 3 is 2.81 bits per heavy atom. The van der Waals surface area contributed by atoms with Crippen molar-refractivity contribution >= 4 is 0 Å². The molecule has 1 saturated heterocycles. The summed E-state index contributed by atoms with van der Waals surface area (Å²) in [6, 6.07) is 6.09. The Morgan fingerprint density at radius 1 is 1.44 bits per heavy atom. The van der Waals surface area contributed by atoms with Crippen molar-refractivity contribution in [3.8, 4) is 0 Å². The molecule has 3 nitrogen and oxygen atoms in total. The van der Waals surface area contributed by atoms with Crippen LogP contribution in [-0.4, -0.2) is 31.0 Å². The first kappa shape index (κ1) is 11.6. The van der Waals surface area contributed by atoms with Gasteiger partial charge in [-0.2, -0.15) is 0 Å². The number of rotatable bonds is 4. The van der Waals surface area contributed by atoms with E-state index in [0.717, 1.165) is 16.7 Å². The maximum absolute atomic E-state index is 10.0. The van der Waals surface area contributed by atoms with Crippen LogP contribution >= 0.6 is 0 Å². The summed E-state index contributed by atoms with van der Waals surface area (Å²) < 4.78 is 10.5. The zero-order valence-corrected chi connectivity index (χ0v) is 9.77. The molecule has 3 heteroatoms. The highest BCUT2D eigenvalue weighted by molar-refractivity contribution is 5.32. The fourth-order valence-electron chi connectivity index (χ4n) is 1.75. The minimum Gasteiger partial charge on any atom is -0.386 e. The number of aliphatic hydroxyl groups is 1. The minimum absolute atomic E-state index is 0.166. The Labute approximate surface area is 96.0 Å². The fraction of sp³-hybridized carbons (Fsp3) is 0.538. The van der Waals surface area contributed by atoms with Gasteiger partial charge in [0.15, 0.2) is 0 Å². The van der Waals surface area contributed by atoms with Gasteiger partial charge in [0.1, 0.15) is 12.2 Å². The molecule has 1 aromatic carbocycles. The molecule has 1 aromatic rings. The van der Waals surface area contributed by atoms with E-state index in [1.165, 1.54) is 0 Å². The lowest BCUT2D eigenvalue weighted by molar-refractivity contribution is -0.143. The van der Waals surface area contributed by atoms with Gasteiger partial charge in [-0.15, -0.1) is 0 Å². The van der Waals surface area contributed by atoms with Crippen LogP contribution < -0.4 is 0 Å². The summed E-state index contributed by atoms with van der Waals surface area (Å²) in [5.41, 5.74) is 3.22. The number of aryl methyl sites for hydroxylation is 2. The Bertz CT molecular complexity index is 358. The number of hydrogen-bond acceptors (Lipinski definition) is 3. The van der Waals surface area contributed by atoms with E-state index in [1.807, 2.05) is 32.0 Å². The van der Waals surface area contributed by atoms with Crippen LogP contribution in [0.15, 0.2) is 18.2 Å². The first-order chi connectivity index (χ1) is 7.66. The van der Waals surface area contributed by atoms with Gasteiger partial charge in [0, 0.05) is 0 Å². The van der Waals surface area contributed by atoms with E-state index in [2.05, 4.69) is 0 Å². The lowest BCUT2D eigenvalue weighted by Crippen LogP contribution is -2.37. The van der Waals surface area contributed by atoms with Crippen molar-refractivity contribution in [1.29, 1.82) is 0 Å². The number of ether oxygens (including phenoxy) is 2. The Balaban J connectivity index is 1.95. The fourth-order valence-corrected chi connectivity index (χ4v) is 1.75. The average Bonchev–Trinajstić information content (AvgIpc) is 2.19. The largest absolute Gasteiger partial charge is 0.386 e. The Kier molecular flexibility index (Phi) is 3.59. The molecule has 1 atom stereocenters. The molecule has 0 aliphatic carbocycles. The van der Waals surface area contributed by atoms with E-state index < -0.39 is 6.10 Å². The molecule has 1 unspecified atom stereocenters. The van der Waals surface area contributed by atoms with Crippen LogP contribution in [0.4, 0.5) is 0 Å². The van der Waals surface area contributed by atoms with Crippen molar-refractivity contribution in [3.05, 3.63) is 34.9 Å². The molecule has 1 heterocycles. The molecule has 2 rings (SSSR count). The number of hydrogen-bond donors (Lipinski definition) is 1. The van der Waals surface area contributed by atoms with Gasteiger partial charge in [0.2, 0.25) is 0 Å². The quantitative estimate of drug-likeness (QED) is 0.843. The van der Waals surface area contributed by atoms with Gasteiger partial charge in [-0.25, -0.2) is 0 Å². The third-order valence-corrected chi connectivity index (χ3v) is 2.89. The van der Waals surface area contributed by atoms with Crippen molar-refractivity contribution in [1.82, 2.24) is 0 Å². The summed E-state index contributed by atoms with van der Waals surface area (Å²) in [4.78, 5) is 0. The van der Waals surface area contributed by atoms with Gasteiger partial charge < -0.3 is 14.6 Å². The van der Waals surface area contributed by atoms with Crippen molar-refractivity contribution < 1.29 is 14.6 Å².